The third-order valence-electron chi connectivity index (χ3n) is 5.16. The molecule has 4 rings (SSSR count). The Morgan fingerprint density at radius 3 is 2.62 bits per heavy atom. The van der Waals surface area contributed by atoms with E-state index >= 15 is 0 Å². The number of likely N-dealkylation sites (tertiary alicyclic amines) is 1. The minimum atomic E-state index is -0.0129. The number of pyridine rings is 1. The fourth-order valence-corrected chi connectivity index (χ4v) is 4.20. The van der Waals surface area contributed by atoms with Crippen molar-refractivity contribution >= 4 is 23.2 Å². The lowest BCUT2D eigenvalue weighted by Gasteiger charge is -2.35. The van der Waals surface area contributed by atoms with Crippen molar-refractivity contribution in [2.24, 2.45) is 0 Å². The molecule has 2 fully saturated rings. The minimum Gasteiger partial charge on any atom is -0.372 e. The van der Waals surface area contributed by atoms with E-state index in [4.69, 9.17) is 16.3 Å². The average Bonchev–Trinajstić information content (AvgIpc) is 3.22. The van der Waals surface area contributed by atoms with E-state index in [1.165, 1.54) is 12.8 Å². The van der Waals surface area contributed by atoms with Gasteiger partial charge in [-0.2, -0.15) is 0 Å². The van der Waals surface area contributed by atoms with E-state index < -0.39 is 0 Å². The maximum Gasteiger partial charge on any atom is 0.274 e. The van der Waals surface area contributed by atoms with Crippen molar-refractivity contribution in [3.63, 3.8) is 0 Å². The van der Waals surface area contributed by atoms with E-state index in [0.29, 0.717) is 23.8 Å². The van der Waals surface area contributed by atoms with Crippen LogP contribution in [0.4, 0.5) is 0 Å². The van der Waals surface area contributed by atoms with Gasteiger partial charge in [0.05, 0.1) is 22.9 Å². The number of amides is 1. The van der Waals surface area contributed by atoms with E-state index in [-0.39, 0.29) is 18.1 Å². The maximum absolute atomic E-state index is 13.3. The van der Waals surface area contributed by atoms with Gasteiger partial charge in [0, 0.05) is 25.8 Å². The van der Waals surface area contributed by atoms with Gasteiger partial charge in [0.15, 0.2) is 5.69 Å². The number of hydrogen-bond acceptors (Lipinski definition) is 4. The van der Waals surface area contributed by atoms with Crippen LogP contribution in [-0.4, -0.2) is 63.5 Å². The molecular formula is C19H25ClN4O2. The van der Waals surface area contributed by atoms with E-state index in [1.54, 1.807) is 0 Å². The number of ether oxygens (including phenoxy) is 1. The van der Waals surface area contributed by atoms with Gasteiger partial charge < -0.3 is 14.0 Å². The summed E-state index contributed by atoms with van der Waals surface area (Å²) >= 11 is 6.21. The van der Waals surface area contributed by atoms with Crippen molar-refractivity contribution in [1.29, 1.82) is 0 Å². The SMILES string of the molecule is C[C@@H]1CN(C(=O)c2nc3ccc(Cl)cn3c2CN2CCCC2)C[C@H](C)O1. The highest BCUT2D eigenvalue weighted by Crippen LogP contribution is 2.23. The van der Waals surface area contributed by atoms with Crippen LogP contribution in [0.1, 0.15) is 42.9 Å². The molecule has 6 nitrogen and oxygen atoms in total. The molecule has 140 valence electrons. The average molecular weight is 377 g/mol. The van der Waals surface area contributed by atoms with Crippen LogP contribution in [0.15, 0.2) is 18.3 Å². The molecule has 0 N–H and O–H groups in total. The smallest absolute Gasteiger partial charge is 0.274 e. The Bertz CT molecular complexity index is 805. The molecule has 2 aromatic heterocycles. The molecule has 0 radical (unpaired) electrons. The van der Waals surface area contributed by atoms with Crippen LogP contribution in [0, 0.1) is 0 Å². The first-order chi connectivity index (χ1) is 12.5. The van der Waals surface area contributed by atoms with Gasteiger partial charge in [-0.05, 0) is 51.9 Å². The fraction of sp³-hybridized carbons (Fsp3) is 0.579. The van der Waals surface area contributed by atoms with Crippen molar-refractivity contribution in [3.05, 3.63) is 34.7 Å². The van der Waals surface area contributed by atoms with Crippen LogP contribution >= 0.6 is 11.6 Å². The van der Waals surface area contributed by atoms with Crippen molar-refractivity contribution < 1.29 is 9.53 Å². The summed E-state index contributed by atoms with van der Waals surface area (Å²) in [5, 5.41) is 0.644. The van der Waals surface area contributed by atoms with Crippen LogP contribution in [0.25, 0.3) is 5.65 Å². The van der Waals surface area contributed by atoms with Crippen molar-refractivity contribution in [2.45, 2.75) is 45.4 Å². The second kappa shape index (κ2) is 7.18. The number of morpholine rings is 1. The number of fused-ring (bicyclic) bond motifs is 1. The number of rotatable bonds is 3. The van der Waals surface area contributed by atoms with Crippen molar-refractivity contribution in [1.82, 2.24) is 19.2 Å². The molecule has 2 saturated heterocycles. The zero-order chi connectivity index (χ0) is 18.3. The highest BCUT2D eigenvalue weighted by atomic mass is 35.5. The summed E-state index contributed by atoms with van der Waals surface area (Å²) in [4.78, 5) is 22.2. The van der Waals surface area contributed by atoms with Gasteiger partial charge in [0.25, 0.3) is 5.91 Å². The molecule has 2 aromatic rings. The summed E-state index contributed by atoms with van der Waals surface area (Å²) in [5.74, 6) is -0.0129. The highest BCUT2D eigenvalue weighted by molar-refractivity contribution is 6.30. The normalized spacial score (nSPS) is 24.5. The molecule has 0 aromatic carbocycles. The predicted octanol–water partition coefficient (Wildman–Crippen LogP) is 2.83. The number of halogens is 1. The molecule has 2 atom stereocenters. The maximum atomic E-state index is 13.3. The van der Waals surface area contributed by atoms with Crippen molar-refractivity contribution in [2.75, 3.05) is 26.2 Å². The van der Waals surface area contributed by atoms with E-state index in [9.17, 15) is 4.79 Å². The molecule has 0 bridgehead atoms. The van der Waals surface area contributed by atoms with Crippen molar-refractivity contribution in [3.8, 4) is 0 Å². The van der Waals surface area contributed by atoms with Crippen LogP contribution in [-0.2, 0) is 11.3 Å². The molecule has 0 spiro atoms. The Kier molecular flexibility index (Phi) is 4.90. The van der Waals surface area contributed by atoms with Crippen LogP contribution in [0.5, 0.6) is 0 Å². The fourth-order valence-electron chi connectivity index (χ4n) is 4.04. The summed E-state index contributed by atoms with van der Waals surface area (Å²) in [6.45, 7) is 8.05. The zero-order valence-electron chi connectivity index (χ0n) is 15.3. The second-order valence-electron chi connectivity index (χ2n) is 7.43. The third kappa shape index (κ3) is 3.46. The number of imidazole rings is 1. The number of hydrogen-bond donors (Lipinski definition) is 0. The lowest BCUT2D eigenvalue weighted by molar-refractivity contribution is -0.0587. The third-order valence-corrected chi connectivity index (χ3v) is 5.39. The van der Waals surface area contributed by atoms with Crippen LogP contribution in [0.2, 0.25) is 5.02 Å². The molecule has 0 aliphatic carbocycles. The quantitative estimate of drug-likeness (QED) is 0.826. The summed E-state index contributed by atoms with van der Waals surface area (Å²) in [7, 11) is 0. The van der Waals surface area contributed by atoms with Crippen LogP contribution in [0.3, 0.4) is 0 Å². The number of aromatic nitrogens is 2. The van der Waals surface area contributed by atoms with E-state index in [2.05, 4.69) is 9.88 Å². The Hall–Kier alpha value is -1.63. The first-order valence-corrected chi connectivity index (χ1v) is 9.72. The van der Waals surface area contributed by atoms with Crippen LogP contribution < -0.4 is 0 Å². The minimum absolute atomic E-state index is 0.0129. The molecule has 1 amide bonds. The van der Waals surface area contributed by atoms with E-state index in [0.717, 1.165) is 31.0 Å². The standard InChI is InChI=1S/C19H25ClN4O2/c1-13-9-23(10-14(2)26-13)19(25)18-16(12-22-7-3-4-8-22)24-11-15(20)5-6-17(24)21-18/h5-6,11,13-14H,3-4,7-10,12H2,1-2H3/t13-,14+. The van der Waals surface area contributed by atoms with Gasteiger partial charge in [-0.3, -0.25) is 9.69 Å². The number of carbonyl (C=O) groups is 1. The lowest BCUT2D eigenvalue weighted by atomic mass is 10.2. The van der Waals surface area contributed by atoms with Gasteiger partial charge in [0.1, 0.15) is 5.65 Å². The van der Waals surface area contributed by atoms with Gasteiger partial charge >= 0.3 is 0 Å². The summed E-state index contributed by atoms with van der Waals surface area (Å²) < 4.78 is 7.74. The highest BCUT2D eigenvalue weighted by Gasteiger charge is 2.31. The lowest BCUT2D eigenvalue weighted by Crippen LogP contribution is -2.48. The van der Waals surface area contributed by atoms with Gasteiger partial charge in [-0.25, -0.2) is 4.98 Å². The second-order valence-corrected chi connectivity index (χ2v) is 7.87. The largest absolute Gasteiger partial charge is 0.372 e. The Labute approximate surface area is 158 Å². The molecule has 2 aliphatic rings. The Morgan fingerprint density at radius 2 is 1.92 bits per heavy atom. The first kappa shape index (κ1) is 17.8. The molecule has 4 heterocycles. The van der Waals surface area contributed by atoms with Gasteiger partial charge in [0.2, 0.25) is 0 Å². The Balaban J connectivity index is 1.71. The predicted molar refractivity (Wildman–Crippen MR) is 101 cm³/mol. The molecule has 26 heavy (non-hydrogen) atoms. The van der Waals surface area contributed by atoms with Gasteiger partial charge in [-0.1, -0.05) is 11.6 Å². The molecular weight excluding hydrogens is 352 g/mol. The molecule has 0 unspecified atom stereocenters. The molecule has 2 aliphatic heterocycles. The summed E-state index contributed by atoms with van der Waals surface area (Å²) in [5.41, 5.74) is 2.24. The monoisotopic (exact) mass is 376 g/mol. The molecule has 0 saturated carbocycles. The topological polar surface area (TPSA) is 50.1 Å². The molecule has 7 heteroatoms. The first-order valence-electron chi connectivity index (χ1n) is 9.35. The summed E-state index contributed by atoms with van der Waals surface area (Å²) in [6, 6.07) is 3.69. The summed E-state index contributed by atoms with van der Waals surface area (Å²) in [6.07, 6.45) is 4.35. The Morgan fingerprint density at radius 1 is 1.23 bits per heavy atom. The van der Waals surface area contributed by atoms with E-state index in [1.807, 2.05) is 41.5 Å². The van der Waals surface area contributed by atoms with Gasteiger partial charge in [-0.15, -0.1) is 0 Å². The number of nitrogens with zero attached hydrogens (tertiary/aromatic N) is 4. The zero-order valence-corrected chi connectivity index (χ0v) is 16.1. The number of carbonyl (C=O) groups excluding carboxylic acids is 1.